The molecular weight excluding hydrogens is 386 g/mol. The van der Waals surface area contributed by atoms with Crippen LogP contribution < -0.4 is 0 Å². The van der Waals surface area contributed by atoms with Crippen LogP contribution in [0.15, 0.2) is 42.5 Å². The van der Waals surface area contributed by atoms with Crippen molar-refractivity contribution in [2.75, 3.05) is 31.1 Å². The van der Waals surface area contributed by atoms with Crippen LogP contribution >= 0.6 is 11.8 Å². The summed E-state index contributed by atoms with van der Waals surface area (Å²) in [4.78, 5) is 7.86. The molecule has 3 nitrogen and oxygen atoms in total. The van der Waals surface area contributed by atoms with E-state index in [1.54, 1.807) is 0 Å². The second kappa shape index (κ2) is 10.0. The minimum atomic E-state index is 0.711. The number of thioether (sulfide) groups is 1. The van der Waals surface area contributed by atoms with Gasteiger partial charge in [-0.25, -0.2) is 4.98 Å². The highest BCUT2D eigenvalue weighted by molar-refractivity contribution is 7.99. The zero-order valence-electron chi connectivity index (χ0n) is 18.7. The van der Waals surface area contributed by atoms with E-state index in [2.05, 4.69) is 84.5 Å². The Bertz CT molecular complexity index is 955. The summed E-state index contributed by atoms with van der Waals surface area (Å²) in [5.74, 6) is 4.45. The maximum atomic E-state index is 5.25. The topological polar surface area (TPSA) is 21.1 Å². The van der Waals surface area contributed by atoms with Gasteiger partial charge in [0.05, 0.1) is 11.0 Å². The summed E-state index contributed by atoms with van der Waals surface area (Å²) in [6.07, 6.45) is 3.23. The lowest BCUT2D eigenvalue weighted by Gasteiger charge is -2.26. The molecule has 1 aliphatic heterocycles. The first-order valence-electron chi connectivity index (χ1n) is 11.4. The van der Waals surface area contributed by atoms with Gasteiger partial charge < -0.3 is 4.57 Å². The Hall–Kier alpha value is -1.78. The summed E-state index contributed by atoms with van der Waals surface area (Å²) in [5.41, 5.74) is 6.71. The minimum Gasteiger partial charge on any atom is -0.326 e. The number of imidazole rings is 1. The zero-order chi connectivity index (χ0) is 20.9. The quantitative estimate of drug-likeness (QED) is 0.474. The molecular formula is C26H35N3S. The van der Waals surface area contributed by atoms with Crippen molar-refractivity contribution in [1.29, 1.82) is 0 Å². The predicted molar refractivity (Wildman–Crippen MR) is 131 cm³/mol. The third kappa shape index (κ3) is 5.09. The molecule has 1 aliphatic rings. The van der Waals surface area contributed by atoms with Crippen molar-refractivity contribution in [2.45, 2.75) is 46.6 Å². The molecule has 0 spiro atoms. The van der Waals surface area contributed by atoms with Crippen LogP contribution in [0.1, 0.15) is 42.8 Å². The highest BCUT2D eigenvalue weighted by atomic mass is 32.2. The molecule has 0 N–H and O–H groups in total. The molecule has 2 aromatic carbocycles. The average molecular weight is 422 g/mol. The van der Waals surface area contributed by atoms with E-state index in [1.165, 1.54) is 64.6 Å². The van der Waals surface area contributed by atoms with Crippen LogP contribution in [-0.2, 0) is 19.4 Å². The molecule has 2 heterocycles. The summed E-state index contributed by atoms with van der Waals surface area (Å²) in [6, 6.07) is 15.4. The van der Waals surface area contributed by atoms with Gasteiger partial charge in [-0.3, -0.25) is 4.90 Å². The van der Waals surface area contributed by atoms with Crippen LogP contribution in [0.4, 0.5) is 0 Å². The Morgan fingerprint density at radius 2 is 1.77 bits per heavy atom. The van der Waals surface area contributed by atoms with E-state index >= 15 is 0 Å². The Morgan fingerprint density at radius 1 is 1.00 bits per heavy atom. The number of aromatic nitrogens is 2. The van der Waals surface area contributed by atoms with Gasteiger partial charge in [0.1, 0.15) is 5.82 Å². The predicted octanol–water partition coefficient (Wildman–Crippen LogP) is 5.57. The van der Waals surface area contributed by atoms with E-state index in [-0.39, 0.29) is 0 Å². The first-order chi connectivity index (χ1) is 14.6. The van der Waals surface area contributed by atoms with Crippen LogP contribution in [0, 0.1) is 12.8 Å². The average Bonchev–Trinajstić information content (AvgIpc) is 3.10. The third-order valence-corrected chi connectivity index (χ3v) is 7.20. The summed E-state index contributed by atoms with van der Waals surface area (Å²) in [5, 5.41) is 0. The Morgan fingerprint density at radius 3 is 2.50 bits per heavy atom. The first-order valence-corrected chi connectivity index (χ1v) is 12.6. The Labute approximate surface area is 185 Å². The number of hydrogen-bond donors (Lipinski definition) is 0. The first kappa shape index (κ1) is 21.5. The van der Waals surface area contributed by atoms with E-state index < -0.39 is 0 Å². The molecule has 4 rings (SSSR count). The van der Waals surface area contributed by atoms with Crippen LogP contribution in [0.5, 0.6) is 0 Å². The van der Waals surface area contributed by atoms with Crippen LogP contribution in [0.25, 0.3) is 11.0 Å². The van der Waals surface area contributed by atoms with E-state index in [9.17, 15) is 0 Å². The van der Waals surface area contributed by atoms with E-state index in [0.717, 1.165) is 25.9 Å². The van der Waals surface area contributed by atoms with Crippen molar-refractivity contribution in [2.24, 2.45) is 5.92 Å². The van der Waals surface area contributed by atoms with Crippen molar-refractivity contribution in [3.05, 3.63) is 65.0 Å². The van der Waals surface area contributed by atoms with Crippen molar-refractivity contribution < 1.29 is 0 Å². The molecule has 0 atom stereocenters. The molecule has 0 saturated carbocycles. The molecule has 0 aliphatic carbocycles. The standard InChI is InChI=1S/C26H35N3S/c1-20(2)9-11-23-21(3)10-12-24-26(23)27-25(19-22-7-5-4-6-8-22)29(24)14-13-28-15-17-30-18-16-28/h4-8,10,12,20H,9,11,13-19H2,1-3H3. The van der Waals surface area contributed by atoms with Gasteiger partial charge in [0.15, 0.2) is 0 Å². The number of hydrogen-bond acceptors (Lipinski definition) is 3. The Kier molecular flexibility index (Phi) is 7.16. The lowest BCUT2D eigenvalue weighted by atomic mass is 9.98. The number of fused-ring (bicyclic) bond motifs is 1. The second-order valence-corrected chi connectivity index (χ2v) is 10.2. The van der Waals surface area contributed by atoms with Gasteiger partial charge in [0.25, 0.3) is 0 Å². The maximum absolute atomic E-state index is 5.25. The molecule has 1 saturated heterocycles. The third-order valence-electron chi connectivity index (χ3n) is 6.26. The fraction of sp³-hybridized carbons (Fsp3) is 0.500. The van der Waals surface area contributed by atoms with Crippen LogP contribution in [0.3, 0.4) is 0 Å². The molecule has 4 heteroatoms. The lowest BCUT2D eigenvalue weighted by Crippen LogP contribution is -2.35. The van der Waals surface area contributed by atoms with Gasteiger partial charge in [0.2, 0.25) is 0 Å². The second-order valence-electron chi connectivity index (χ2n) is 8.96. The van der Waals surface area contributed by atoms with Gasteiger partial charge in [-0.2, -0.15) is 11.8 Å². The van der Waals surface area contributed by atoms with Gasteiger partial charge in [0, 0.05) is 44.1 Å². The van der Waals surface area contributed by atoms with Gasteiger partial charge in [-0.1, -0.05) is 50.2 Å². The maximum Gasteiger partial charge on any atom is 0.114 e. The Balaban J connectivity index is 1.69. The highest BCUT2D eigenvalue weighted by Crippen LogP contribution is 2.27. The van der Waals surface area contributed by atoms with E-state index in [0.29, 0.717) is 5.92 Å². The number of benzene rings is 2. The fourth-order valence-corrected chi connectivity index (χ4v) is 5.35. The molecule has 0 bridgehead atoms. The van der Waals surface area contributed by atoms with Gasteiger partial charge >= 0.3 is 0 Å². The van der Waals surface area contributed by atoms with Crippen molar-refractivity contribution >= 4 is 22.8 Å². The largest absolute Gasteiger partial charge is 0.326 e. The molecule has 0 amide bonds. The van der Waals surface area contributed by atoms with Crippen LogP contribution in [0.2, 0.25) is 0 Å². The molecule has 1 fully saturated rings. The number of rotatable bonds is 8. The van der Waals surface area contributed by atoms with Crippen LogP contribution in [-0.4, -0.2) is 45.6 Å². The van der Waals surface area contributed by atoms with E-state index in [4.69, 9.17) is 4.98 Å². The number of nitrogens with zero attached hydrogens (tertiary/aromatic N) is 3. The zero-order valence-corrected chi connectivity index (χ0v) is 19.5. The van der Waals surface area contributed by atoms with Gasteiger partial charge in [-0.05, 0) is 48.4 Å². The normalized spacial score (nSPS) is 15.3. The molecule has 30 heavy (non-hydrogen) atoms. The van der Waals surface area contributed by atoms with E-state index in [1.807, 2.05) is 0 Å². The summed E-state index contributed by atoms with van der Waals surface area (Å²) < 4.78 is 2.50. The van der Waals surface area contributed by atoms with Crippen molar-refractivity contribution in [1.82, 2.24) is 14.5 Å². The minimum absolute atomic E-state index is 0.711. The summed E-state index contributed by atoms with van der Waals surface area (Å²) in [7, 11) is 0. The van der Waals surface area contributed by atoms with Gasteiger partial charge in [-0.15, -0.1) is 0 Å². The van der Waals surface area contributed by atoms with Crippen molar-refractivity contribution in [3.8, 4) is 0 Å². The molecule has 0 unspecified atom stereocenters. The molecule has 160 valence electrons. The molecule has 3 aromatic rings. The number of aryl methyl sites for hydroxylation is 2. The summed E-state index contributed by atoms with van der Waals surface area (Å²) >= 11 is 2.08. The monoisotopic (exact) mass is 421 g/mol. The van der Waals surface area contributed by atoms with Crippen molar-refractivity contribution in [3.63, 3.8) is 0 Å². The fourth-order valence-electron chi connectivity index (χ4n) is 4.37. The molecule has 0 radical (unpaired) electrons. The highest BCUT2D eigenvalue weighted by Gasteiger charge is 2.17. The smallest absolute Gasteiger partial charge is 0.114 e. The lowest BCUT2D eigenvalue weighted by molar-refractivity contribution is 0.289. The SMILES string of the molecule is Cc1ccc2c(nc(Cc3ccccc3)n2CCN2CCSCC2)c1CCC(C)C. The molecule has 1 aromatic heterocycles. The summed E-state index contributed by atoms with van der Waals surface area (Å²) in [6.45, 7) is 11.4.